The smallest absolute Gasteiger partial charge is 0.255 e. The van der Waals surface area contributed by atoms with Gasteiger partial charge in [-0.15, -0.1) is 0 Å². The number of aromatic nitrogens is 2. The van der Waals surface area contributed by atoms with Crippen LogP contribution in [0.1, 0.15) is 71.5 Å². The van der Waals surface area contributed by atoms with Crippen LogP contribution >= 0.6 is 0 Å². The summed E-state index contributed by atoms with van der Waals surface area (Å²) >= 11 is 0. The lowest BCUT2D eigenvalue weighted by atomic mass is 9.79. The van der Waals surface area contributed by atoms with E-state index in [1.54, 1.807) is 24.4 Å². The minimum absolute atomic E-state index is 0.228. The Kier molecular flexibility index (Phi) is 6.54. The first kappa shape index (κ1) is 25.4. The molecule has 3 aliphatic rings. The molecule has 0 radical (unpaired) electrons. The van der Waals surface area contributed by atoms with E-state index in [9.17, 15) is 14.9 Å². The van der Waals surface area contributed by atoms with Gasteiger partial charge in [0, 0.05) is 43.2 Å². The number of nitrogens with one attached hydrogen (secondary N) is 1. The standard InChI is InChI=1S/C31H35N5O3/c1-18-25(34-30(37)20-10-11-26(39-3)23(12-20)13-32)14-33-29-27(18)24(17-35(29)2)28-21-8-9-22(28)16-36(15-21)31(38)19-6-4-5-7-19/h10-12,14,17,19,21-22,28H,4-9,15-16H2,1-3H3,(H,34,37)/t21-,22?,28?/m1/s1. The number of piperidine rings is 1. The Morgan fingerprint density at radius 1 is 1.13 bits per heavy atom. The summed E-state index contributed by atoms with van der Waals surface area (Å²) in [6, 6.07) is 6.92. The quantitative estimate of drug-likeness (QED) is 0.496. The number of carbonyl (C=O) groups excluding carboxylic acids is 2. The van der Waals surface area contributed by atoms with Crippen LogP contribution in [0, 0.1) is 36.0 Å². The monoisotopic (exact) mass is 525 g/mol. The van der Waals surface area contributed by atoms with Gasteiger partial charge in [0.1, 0.15) is 17.5 Å². The van der Waals surface area contributed by atoms with Crippen molar-refractivity contribution in [1.29, 1.82) is 5.26 Å². The van der Waals surface area contributed by atoms with Crippen LogP contribution in [0.15, 0.2) is 30.6 Å². The third-order valence-electron chi connectivity index (χ3n) is 9.31. The maximum Gasteiger partial charge on any atom is 0.255 e. The summed E-state index contributed by atoms with van der Waals surface area (Å²) < 4.78 is 7.29. The van der Waals surface area contributed by atoms with Crippen molar-refractivity contribution in [2.75, 3.05) is 25.5 Å². The van der Waals surface area contributed by atoms with Gasteiger partial charge in [0.15, 0.2) is 0 Å². The molecule has 3 heterocycles. The van der Waals surface area contributed by atoms with Gasteiger partial charge < -0.3 is 19.5 Å². The molecule has 1 aliphatic heterocycles. The summed E-state index contributed by atoms with van der Waals surface area (Å²) in [5, 5.41) is 13.5. The molecule has 2 unspecified atom stereocenters. The fraction of sp³-hybridized carbons (Fsp3) is 0.484. The molecule has 1 aromatic carbocycles. The highest BCUT2D eigenvalue weighted by molar-refractivity contribution is 6.06. The summed E-state index contributed by atoms with van der Waals surface area (Å²) in [6.07, 6.45) is 10.7. The molecule has 1 saturated heterocycles. The zero-order valence-corrected chi connectivity index (χ0v) is 22.9. The normalized spacial score (nSPS) is 22.7. The molecule has 3 atom stereocenters. The van der Waals surface area contributed by atoms with Crippen molar-refractivity contribution in [1.82, 2.24) is 14.5 Å². The van der Waals surface area contributed by atoms with Gasteiger partial charge in [0.2, 0.25) is 5.91 Å². The van der Waals surface area contributed by atoms with E-state index in [2.05, 4.69) is 27.0 Å². The first-order chi connectivity index (χ1) is 18.9. The van der Waals surface area contributed by atoms with Gasteiger partial charge in [0.25, 0.3) is 5.91 Å². The van der Waals surface area contributed by atoms with Gasteiger partial charge in [-0.25, -0.2) is 4.98 Å². The number of amides is 2. The van der Waals surface area contributed by atoms with Crippen LogP contribution in [0.25, 0.3) is 11.0 Å². The van der Waals surface area contributed by atoms with Crippen LogP contribution in [-0.2, 0) is 11.8 Å². The summed E-state index contributed by atoms with van der Waals surface area (Å²) in [5.41, 5.74) is 4.54. The van der Waals surface area contributed by atoms with E-state index in [4.69, 9.17) is 9.72 Å². The molecular weight excluding hydrogens is 490 g/mol. The van der Waals surface area contributed by atoms with E-state index in [1.807, 2.05) is 14.0 Å². The summed E-state index contributed by atoms with van der Waals surface area (Å²) in [4.78, 5) is 33.3. The average Bonchev–Trinajstić information content (AvgIpc) is 3.66. The van der Waals surface area contributed by atoms with E-state index in [-0.39, 0.29) is 11.8 Å². The SMILES string of the molecule is COc1ccc(C(=O)Nc2cnc3c(c(C4C5CC[C@@H]4CN(C(=O)C4CCCC4)C5)cn3C)c2C)cc1C#N. The van der Waals surface area contributed by atoms with E-state index < -0.39 is 0 Å². The maximum atomic E-state index is 13.2. The molecule has 8 heteroatoms. The van der Waals surface area contributed by atoms with Crippen molar-refractivity contribution in [3.05, 3.63) is 52.8 Å². The van der Waals surface area contributed by atoms with Crippen molar-refractivity contribution in [3.8, 4) is 11.8 Å². The molecule has 2 amide bonds. The Labute approximate surface area is 228 Å². The molecule has 3 aromatic rings. The molecule has 3 fully saturated rings. The van der Waals surface area contributed by atoms with E-state index in [0.29, 0.717) is 46.2 Å². The van der Waals surface area contributed by atoms with Crippen LogP contribution in [-0.4, -0.2) is 46.5 Å². The summed E-state index contributed by atoms with van der Waals surface area (Å²) in [6.45, 7) is 3.72. The van der Waals surface area contributed by atoms with E-state index >= 15 is 0 Å². The molecule has 8 nitrogen and oxygen atoms in total. The van der Waals surface area contributed by atoms with Gasteiger partial charge in [-0.1, -0.05) is 12.8 Å². The lowest BCUT2D eigenvalue weighted by Gasteiger charge is -2.39. The Balaban J connectivity index is 1.29. The van der Waals surface area contributed by atoms with Crippen LogP contribution < -0.4 is 10.1 Å². The Morgan fingerprint density at radius 3 is 2.51 bits per heavy atom. The second-order valence-corrected chi connectivity index (χ2v) is 11.5. The Morgan fingerprint density at radius 2 is 1.85 bits per heavy atom. The van der Waals surface area contributed by atoms with Crippen LogP contribution in [0.3, 0.4) is 0 Å². The maximum absolute atomic E-state index is 13.2. The first-order valence-corrected chi connectivity index (χ1v) is 14.0. The van der Waals surface area contributed by atoms with Crippen LogP contribution in [0.5, 0.6) is 5.75 Å². The molecule has 2 saturated carbocycles. The molecule has 1 N–H and O–H groups in total. The zero-order valence-electron chi connectivity index (χ0n) is 22.9. The number of anilines is 1. The predicted octanol–water partition coefficient (Wildman–Crippen LogP) is 5.16. The summed E-state index contributed by atoms with van der Waals surface area (Å²) in [5.74, 6) is 2.02. The number of rotatable bonds is 5. The fourth-order valence-corrected chi connectivity index (χ4v) is 7.39. The van der Waals surface area contributed by atoms with E-state index in [0.717, 1.165) is 55.4 Å². The lowest BCUT2D eigenvalue weighted by Crippen LogP contribution is -2.46. The number of likely N-dealkylation sites (tertiary alicyclic amines) is 1. The second kappa shape index (κ2) is 10.0. The van der Waals surface area contributed by atoms with Gasteiger partial charge in [0.05, 0.1) is 24.6 Å². The molecule has 6 rings (SSSR count). The fourth-order valence-electron chi connectivity index (χ4n) is 7.39. The zero-order chi connectivity index (χ0) is 27.3. The minimum Gasteiger partial charge on any atom is -0.495 e. The number of nitriles is 1. The van der Waals surface area contributed by atoms with Crippen LogP contribution in [0.2, 0.25) is 0 Å². The molecule has 39 heavy (non-hydrogen) atoms. The second-order valence-electron chi connectivity index (χ2n) is 11.5. The van der Waals surface area contributed by atoms with Gasteiger partial charge >= 0.3 is 0 Å². The van der Waals surface area contributed by atoms with Crippen molar-refractivity contribution in [2.45, 2.75) is 51.4 Å². The highest BCUT2D eigenvalue weighted by Crippen LogP contribution is 2.51. The predicted molar refractivity (Wildman–Crippen MR) is 149 cm³/mol. The van der Waals surface area contributed by atoms with Gasteiger partial charge in [-0.05, 0) is 79.7 Å². The highest BCUT2D eigenvalue weighted by Gasteiger charge is 2.46. The molecule has 2 bridgehead atoms. The number of fused-ring (bicyclic) bond motifs is 3. The molecule has 0 spiro atoms. The number of aryl methyl sites for hydroxylation is 2. The minimum atomic E-state index is -0.297. The first-order valence-electron chi connectivity index (χ1n) is 14.0. The van der Waals surface area contributed by atoms with Gasteiger partial charge in [-0.3, -0.25) is 9.59 Å². The third kappa shape index (κ3) is 4.34. The number of carbonyl (C=O) groups is 2. The number of methoxy groups -OCH3 is 1. The molecule has 2 aliphatic carbocycles. The average molecular weight is 526 g/mol. The van der Waals surface area contributed by atoms with E-state index in [1.165, 1.54) is 25.5 Å². The Hall–Kier alpha value is -3.86. The highest BCUT2D eigenvalue weighted by atomic mass is 16.5. The molecule has 2 aromatic heterocycles. The van der Waals surface area contributed by atoms with Crippen molar-refractivity contribution in [3.63, 3.8) is 0 Å². The molecule has 202 valence electrons. The molecular formula is C31H35N5O3. The lowest BCUT2D eigenvalue weighted by molar-refractivity contribution is -0.137. The topological polar surface area (TPSA) is 100 Å². The number of pyridine rings is 1. The van der Waals surface area contributed by atoms with Crippen molar-refractivity contribution in [2.24, 2.45) is 24.8 Å². The van der Waals surface area contributed by atoms with Crippen molar-refractivity contribution < 1.29 is 14.3 Å². The third-order valence-corrected chi connectivity index (χ3v) is 9.31. The number of nitrogens with zero attached hydrogens (tertiary/aromatic N) is 4. The van der Waals surface area contributed by atoms with Crippen molar-refractivity contribution >= 4 is 28.5 Å². The Bertz CT molecular complexity index is 1480. The number of hydrogen-bond donors (Lipinski definition) is 1. The number of ether oxygens (including phenoxy) is 1. The van der Waals surface area contributed by atoms with Gasteiger partial charge in [-0.2, -0.15) is 5.26 Å². The number of hydrogen-bond acceptors (Lipinski definition) is 5. The van der Waals surface area contributed by atoms with Crippen LogP contribution in [0.4, 0.5) is 5.69 Å². The number of benzene rings is 1. The summed E-state index contributed by atoms with van der Waals surface area (Å²) in [7, 11) is 3.53. The largest absolute Gasteiger partial charge is 0.495 e.